The Hall–Kier alpha value is -4.65. The van der Waals surface area contributed by atoms with E-state index in [1.54, 1.807) is 24.3 Å². The van der Waals surface area contributed by atoms with Gasteiger partial charge >= 0.3 is 5.97 Å². The largest absolute Gasteiger partial charge is 0.481 e. The molecule has 10 nitrogen and oxygen atoms in total. The summed E-state index contributed by atoms with van der Waals surface area (Å²) < 4.78 is 0. The molecule has 0 radical (unpaired) electrons. The first-order valence-corrected chi connectivity index (χ1v) is 11.0. The number of carboxylic acids is 1. The SMILES string of the molecule is N#Cc1cccc(-c2cc(C(C=NCc3cccc(C4(CC(=O)O)CCC4)n3)=NN)nc(N)n2)c1. The molecule has 0 saturated heterocycles. The quantitative estimate of drug-likeness (QED) is 0.257. The molecule has 10 heteroatoms. The summed E-state index contributed by atoms with van der Waals surface area (Å²) >= 11 is 0. The van der Waals surface area contributed by atoms with E-state index in [1.807, 2.05) is 24.3 Å². The van der Waals surface area contributed by atoms with Crippen molar-refractivity contribution < 1.29 is 9.90 Å². The molecule has 5 N–H and O–H groups in total. The molecule has 2 heterocycles. The second-order valence-electron chi connectivity index (χ2n) is 8.39. The number of aromatic nitrogens is 3. The number of nitrogens with two attached hydrogens (primary N) is 2. The second kappa shape index (κ2) is 10.1. The average Bonchev–Trinajstić information content (AvgIpc) is 2.84. The third kappa shape index (κ3) is 5.30. The molecule has 0 aliphatic heterocycles. The molecule has 0 unspecified atom stereocenters. The van der Waals surface area contributed by atoms with E-state index in [9.17, 15) is 9.90 Å². The molecule has 1 aliphatic carbocycles. The van der Waals surface area contributed by atoms with Crippen LogP contribution in [0.5, 0.6) is 0 Å². The highest BCUT2D eigenvalue weighted by atomic mass is 16.4. The van der Waals surface area contributed by atoms with Gasteiger partial charge in [-0.3, -0.25) is 14.8 Å². The first-order valence-electron chi connectivity index (χ1n) is 11.0. The number of hydrazone groups is 1. The minimum absolute atomic E-state index is 0.0352. The number of nitriles is 1. The minimum Gasteiger partial charge on any atom is -0.481 e. The molecule has 1 fully saturated rings. The van der Waals surface area contributed by atoms with Crippen LogP contribution in [0.4, 0.5) is 5.95 Å². The van der Waals surface area contributed by atoms with Gasteiger partial charge in [-0.15, -0.1) is 0 Å². The molecule has 176 valence electrons. The molecule has 1 aromatic carbocycles. The number of nitrogen functional groups attached to an aromatic ring is 1. The Morgan fingerprint density at radius 3 is 2.66 bits per heavy atom. The van der Waals surface area contributed by atoms with Crippen LogP contribution in [0.15, 0.2) is 58.6 Å². The normalized spacial score (nSPS) is 14.9. The van der Waals surface area contributed by atoms with Gasteiger partial charge in [-0.25, -0.2) is 9.97 Å². The van der Waals surface area contributed by atoms with E-state index in [2.05, 4.69) is 31.1 Å². The minimum atomic E-state index is -0.818. The molecular formula is C25H24N8O2. The summed E-state index contributed by atoms with van der Waals surface area (Å²) in [6.07, 6.45) is 4.20. The first kappa shape index (κ1) is 23.5. The molecule has 35 heavy (non-hydrogen) atoms. The summed E-state index contributed by atoms with van der Waals surface area (Å²) in [7, 11) is 0. The molecule has 1 aliphatic rings. The molecule has 1 saturated carbocycles. The van der Waals surface area contributed by atoms with Gasteiger partial charge < -0.3 is 16.7 Å². The number of hydrogen-bond donors (Lipinski definition) is 3. The maximum absolute atomic E-state index is 11.3. The molecule has 0 atom stereocenters. The van der Waals surface area contributed by atoms with Gasteiger partial charge in [0.15, 0.2) is 0 Å². The Bertz CT molecular complexity index is 1360. The number of pyridine rings is 1. The van der Waals surface area contributed by atoms with E-state index in [4.69, 9.17) is 16.8 Å². The first-order chi connectivity index (χ1) is 16.9. The van der Waals surface area contributed by atoms with Crippen LogP contribution in [0.1, 0.15) is 48.3 Å². The number of anilines is 1. The Balaban J connectivity index is 1.53. The molecule has 4 rings (SSSR count). The van der Waals surface area contributed by atoms with Gasteiger partial charge in [0.2, 0.25) is 5.95 Å². The molecular weight excluding hydrogens is 444 g/mol. The van der Waals surface area contributed by atoms with Crippen molar-refractivity contribution in [3.05, 3.63) is 71.2 Å². The zero-order valence-corrected chi connectivity index (χ0v) is 18.9. The van der Waals surface area contributed by atoms with Gasteiger partial charge in [-0.1, -0.05) is 24.6 Å². The van der Waals surface area contributed by atoms with Gasteiger partial charge in [0.1, 0.15) is 5.71 Å². The summed E-state index contributed by atoms with van der Waals surface area (Å²) in [5.74, 6) is 4.82. The van der Waals surface area contributed by atoms with Crippen molar-refractivity contribution in [2.75, 3.05) is 5.73 Å². The third-order valence-corrected chi connectivity index (χ3v) is 6.05. The van der Waals surface area contributed by atoms with Crippen molar-refractivity contribution >= 4 is 23.8 Å². The third-order valence-electron chi connectivity index (χ3n) is 6.05. The van der Waals surface area contributed by atoms with Crippen LogP contribution >= 0.6 is 0 Å². The summed E-state index contributed by atoms with van der Waals surface area (Å²) in [6.45, 7) is 0.258. The second-order valence-corrected chi connectivity index (χ2v) is 8.39. The molecule has 0 amide bonds. The lowest BCUT2D eigenvalue weighted by molar-refractivity contribution is -0.139. The van der Waals surface area contributed by atoms with Crippen LogP contribution < -0.4 is 11.6 Å². The fourth-order valence-corrected chi connectivity index (χ4v) is 4.16. The Kier molecular flexibility index (Phi) is 6.78. The van der Waals surface area contributed by atoms with Crippen molar-refractivity contribution in [1.29, 1.82) is 5.26 Å². The highest BCUT2D eigenvalue weighted by Crippen LogP contribution is 2.45. The molecule has 3 aromatic rings. The van der Waals surface area contributed by atoms with Crippen molar-refractivity contribution in [2.24, 2.45) is 15.9 Å². The van der Waals surface area contributed by atoms with Gasteiger partial charge in [0.05, 0.1) is 47.9 Å². The topological polar surface area (TPSA) is 177 Å². The van der Waals surface area contributed by atoms with Gasteiger partial charge in [-0.2, -0.15) is 10.4 Å². The number of hydrogen-bond acceptors (Lipinski definition) is 9. The highest BCUT2D eigenvalue weighted by Gasteiger charge is 2.41. The fraction of sp³-hybridized carbons (Fsp3) is 0.240. The lowest BCUT2D eigenvalue weighted by Crippen LogP contribution is -2.37. The van der Waals surface area contributed by atoms with E-state index in [1.165, 1.54) is 6.21 Å². The van der Waals surface area contributed by atoms with Crippen molar-refractivity contribution in [2.45, 2.75) is 37.6 Å². The predicted molar refractivity (Wildman–Crippen MR) is 132 cm³/mol. The number of aliphatic imine (C=N–C) groups is 1. The maximum Gasteiger partial charge on any atom is 0.304 e. The van der Waals surface area contributed by atoms with E-state index in [0.717, 1.165) is 25.0 Å². The van der Waals surface area contributed by atoms with E-state index in [-0.39, 0.29) is 18.9 Å². The fourth-order valence-electron chi connectivity index (χ4n) is 4.16. The number of aliphatic carboxylic acids is 1. The van der Waals surface area contributed by atoms with Crippen molar-refractivity contribution in [1.82, 2.24) is 15.0 Å². The summed E-state index contributed by atoms with van der Waals surface area (Å²) in [5.41, 5.74) is 9.44. The van der Waals surface area contributed by atoms with Crippen molar-refractivity contribution in [3.8, 4) is 17.3 Å². The summed E-state index contributed by atoms with van der Waals surface area (Å²) in [6, 6.07) is 16.4. The van der Waals surface area contributed by atoms with Crippen LogP contribution in [0.3, 0.4) is 0 Å². The van der Waals surface area contributed by atoms with Gasteiger partial charge in [0, 0.05) is 16.7 Å². The summed E-state index contributed by atoms with van der Waals surface area (Å²) in [4.78, 5) is 28.9. The lowest BCUT2D eigenvalue weighted by atomic mass is 9.64. The van der Waals surface area contributed by atoms with Crippen molar-refractivity contribution in [3.63, 3.8) is 0 Å². The number of rotatable bonds is 8. The van der Waals surface area contributed by atoms with Crippen LogP contribution in [0.25, 0.3) is 11.3 Å². The average molecular weight is 469 g/mol. The van der Waals surface area contributed by atoms with Crippen LogP contribution in [-0.2, 0) is 16.8 Å². The summed E-state index contributed by atoms with van der Waals surface area (Å²) in [5, 5.41) is 22.3. The monoisotopic (exact) mass is 468 g/mol. The van der Waals surface area contributed by atoms with E-state index in [0.29, 0.717) is 33.9 Å². The van der Waals surface area contributed by atoms with E-state index >= 15 is 0 Å². The van der Waals surface area contributed by atoms with Gasteiger partial charge in [0.25, 0.3) is 0 Å². The molecule has 2 aromatic heterocycles. The van der Waals surface area contributed by atoms with E-state index < -0.39 is 11.4 Å². The predicted octanol–water partition coefficient (Wildman–Crippen LogP) is 2.82. The maximum atomic E-state index is 11.3. The highest BCUT2D eigenvalue weighted by molar-refractivity contribution is 6.37. The van der Waals surface area contributed by atoms with Crippen LogP contribution in [-0.4, -0.2) is 38.0 Å². The molecule has 0 spiro atoms. The number of nitrogens with zero attached hydrogens (tertiary/aromatic N) is 6. The van der Waals surface area contributed by atoms with Crippen LogP contribution in [0, 0.1) is 11.3 Å². The smallest absolute Gasteiger partial charge is 0.304 e. The van der Waals surface area contributed by atoms with Gasteiger partial charge in [-0.05, 0) is 43.2 Å². The Labute approximate surface area is 202 Å². The Morgan fingerprint density at radius 2 is 1.97 bits per heavy atom. The Morgan fingerprint density at radius 1 is 1.17 bits per heavy atom. The zero-order chi connectivity index (χ0) is 24.8. The lowest BCUT2D eigenvalue weighted by Gasteiger charge is -2.40. The zero-order valence-electron chi connectivity index (χ0n) is 18.9. The van der Waals surface area contributed by atoms with Crippen LogP contribution in [0.2, 0.25) is 0 Å². The number of carboxylic acid groups (broad SMARTS) is 1. The molecule has 0 bridgehead atoms. The number of benzene rings is 1. The number of carbonyl (C=O) groups is 1. The standard InChI is InChI=1S/C25H24N8O2/c26-13-16-4-1-5-17(10-16)19-11-20(32-24(27)31-19)21(33-28)15-29-14-18-6-2-7-22(30-18)25(8-3-9-25)12-23(34)35/h1-2,4-7,10-11,15H,3,8-9,12,14,28H2,(H,34,35)(H2,27,31,32).